The number of halogens is 2. The highest BCUT2D eigenvalue weighted by Gasteiger charge is 2.07. The molecule has 0 aliphatic carbocycles. The first-order valence-corrected chi connectivity index (χ1v) is 4.16. The van der Waals surface area contributed by atoms with Crippen LogP contribution in [0.2, 0.25) is 10.0 Å². The standard InChI is InChI=1S/C8H6Cl2N2/c9-4-1-2-6-7(8(4)10)5(11)3-12-6/h1-3,12H,11H2. The Kier molecular flexibility index (Phi) is 1.67. The number of aromatic amines is 1. The Labute approximate surface area is 79.3 Å². The van der Waals surface area contributed by atoms with Crippen LogP contribution in [0.15, 0.2) is 18.3 Å². The summed E-state index contributed by atoms with van der Waals surface area (Å²) in [6.45, 7) is 0. The van der Waals surface area contributed by atoms with Gasteiger partial charge in [-0.05, 0) is 12.1 Å². The van der Waals surface area contributed by atoms with Gasteiger partial charge in [0.25, 0.3) is 0 Å². The van der Waals surface area contributed by atoms with Gasteiger partial charge in [-0.2, -0.15) is 0 Å². The van der Waals surface area contributed by atoms with Gasteiger partial charge in [-0.25, -0.2) is 0 Å². The van der Waals surface area contributed by atoms with Crippen molar-refractivity contribution in [3.63, 3.8) is 0 Å². The molecule has 0 atom stereocenters. The number of H-pyrrole nitrogens is 1. The lowest BCUT2D eigenvalue weighted by molar-refractivity contribution is 1.48. The summed E-state index contributed by atoms with van der Waals surface area (Å²) in [6.07, 6.45) is 1.70. The third kappa shape index (κ3) is 0.958. The maximum Gasteiger partial charge on any atom is 0.0706 e. The summed E-state index contributed by atoms with van der Waals surface area (Å²) >= 11 is 11.8. The molecule has 0 saturated carbocycles. The van der Waals surface area contributed by atoms with E-state index in [9.17, 15) is 0 Å². The maximum absolute atomic E-state index is 5.94. The first kappa shape index (κ1) is 7.77. The summed E-state index contributed by atoms with van der Waals surface area (Å²) in [5.74, 6) is 0. The normalized spacial score (nSPS) is 10.8. The van der Waals surface area contributed by atoms with Gasteiger partial charge in [-0.1, -0.05) is 23.2 Å². The van der Waals surface area contributed by atoms with Gasteiger partial charge in [0, 0.05) is 17.1 Å². The highest BCUT2D eigenvalue weighted by molar-refractivity contribution is 6.45. The Morgan fingerprint density at radius 2 is 2.00 bits per heavy atom. The number of anilines is 1. The Bertz CT molecular complexity index is 434. The molecule has 0 saturated heterocycles. The van der Waals surface area contributed by atoms with Gasteiger partial charge < -0.3 is 10.7 Å². The molecule has 0 amide bonds. The molecule has 0 spiro atoms. The van der Waals surface area contributed by atoms with Crippen molar-refractivity contribution >= 4 is 39.8 Å². The number of aromatic nitrogens is 1. The molecule has 0 unspecified atom stereocenters. The molecule has 0 aliphatic heterocycles. The van der Waals surface area contributed by atoms with Gasteiger partial charge in [0.1, 0.15) is 0 Å². The number of hydrogen-bond acceptors (Lipinski definition) is 1. The van der Waals surface area contributed by atoms with Crippen molar-refractivity contribution < 1.29 is 0 Å². The average Bonchev–Trinajstić information content (AvgIpc) is 2.41. The highest BCUT2D eigenvalue weighted by atomic mass is 35.5. The van der Waals surface area contributed by atoms with Crippen LogP contribution >= 0.6 is 23.2 Å². The smallest absolute Gasteiger partial charge is 0.0706 e. The maximum atomic E-state index is 5.94. The van der Waals surface area contributed by atoms with Crippen LogP contribution in [-0.2, 0) is 0 Å². The first-order chi connectivity index (χ1) is 5.70. The molecule has 1 aromatic heterocycles. The van der Waals surface area contributed by atoms with Crippen LogP contribution < -0.4 is 5.73 Å². The molecule has 1 heterocycles. The van der Waals surface area contributed by atoms with Crippen molar-refractivity contribution in [3.05, 3.63) is 28.4 Å². The van der Waals surface area contributed by atoms with Crippen LogP contribution in [0.3, 0.4) is 0 Å². The quantitative estimate of drug-likeness (QED) is 0.675. The molecular weight excluding hydrogens is 195 g/mol. The fourth-order valence-corrected chi connectivity index (χ4v) is 1.61. The van der Waals surface area contributed by atoms with Gasteiger partial charge in [0.15, 0.2) is 0 Å². The Hall–Kier alpha value is -0.860. The largest absolute Gasteiger partial charge is 0.397 e. The van der Waals surface area contributed by atoms with E-state index >= 15 is 0 Å². The molecule has 0 bridgehead atoms. The zero-order valence-corrected chi connectivity index (χ0v) is 7.58. The van der Waals surface area contributed by atoms with Crippen molar-refractivity contribution in [2.45, 2.75) is 0 Å². The van der Waals surface area contributed by atoms with Crippen molar-refractivity contribution in [1.82, 2.24) is 4.98 Å². The average molecular weight is 201 g/mol. The van der Waals surface area contributed by atoms with Gasteiger partial charge >= 0.3 is 0 Å². The summed E-state index contributed by atoms with van der Waals surface area (Å²) < 4.78 is 0. The molecule has 0 aliphatic rings. The zero-order chi connectivity index (χ0) is 8.72. The Balaban J connectivity index is 2.96. The molecule has 2 rings (SSSR count). The summed E-state index contributed by atoms with van der Waals surface area (Å²) in [7, 11) is 0. The molecule has 0 radical (unpaired) electrons. The SMILES string of the molecule is Nc1c[nH]c2ccc(Cl)c(Cl)c12. The summed E-state index contributed by atoms with van der Waals surface area (Å²) in [5, 5.41) is 1.83. The second-order valence-corrected chi connectivity index (χ2v) is 3.31. The molecule has 2 aromatic rings. The van der Waals surface area contributed by atoms with Crippen LogP contribution in [0.25, 0.3) is 10.9 Å². The minimum atomic E-state index is 0.507. The lowest BCUT2D eigenvalue weighted by Crippen LogP contribution is -1.81. The van der Waals surface area contributed by atoms with E-state index in [2.05, 4.69) is 4.98 Å². The van der Waals surface area contributed by atoms with E-state index in [0.29, 0.717) is 15.7 Å². The Morgan fingerprint density at radius 3 is 2.75 bits per heavy atom. The second-order valence-electron chi connectivity index (χ2n) is 2.53. The van der Waals surface area contributed by atoms with Crippen LogP contribution in [0.5, 0.6) is 0 Å². The Morgan fingerprint density at radius 1 is 1.25 bits per heavy atom. The summed E-state index contributed by atoms with van der Waals surface area (Å²) in [5.41, 5.74) is 7.20. The number of rotatable bonds is 0. The zero-order valence-electron chi connectivity index (χ0n) is 6.07. The number of nitrogens with one attached hydrogen (secondary N) is 1. The highest BCUT2D eigenvalue weighted by Crippen LogP contribution is 2.33. The third-order valence-electron chi connectivity index (χ3n) is 1.77. The third-order valence-corrected chi connectivity index (χ3v) is 2.57. The van der Waals surface area contributed by atoms with E-state index in [0.717, 1.165) is 10.9 Å². The fourth-order valence-electron chi connectivity index (χ4n) is 1.18. The van der Waals surface area contributed by atoms with E-state index in [1.165, 1.54) is 0 Å². The number of nitrogens with two attached hydrogens (primary N) is 1. The predicted octanol–water partition coefficient (Wildman–Crippen LogP) is 3.06. The molecule has 12 heavy (non-hydrogen) atoms. The van der Waals surface area contributed by atoms with E-state index in [4.69, 9.17) is 28.9 Å². The molecule has 3 N–H and O–H groups in total. The van der Waals surface area contributed by atoms with Crippen molar-refractivity contribution in [1.29, 1.82) is 0 Å². The van der Waals surface area contributed by atoms with Gasteiger partial charge in [0.05, 0.1) is 15.7 Å². The number of hydrogen-bond donors (Lipinski definition) is 2. The first-order valence-electron chi connectivity index (χ1n) is 3.40. The summed E-state index contributed by atoms with van der Waals surface area (Å²) in [6, 6.07) is 3.59. The van der Waals surface area contributed by atoms with Gasteiger partial charge in [0.2, 0.25) is 0 Å². The fraction of sp³-hybridized carbons (Fsp3) is 0. The van der Waals surface area contributed by atoms with E-state index in [1.54, 1.807) is 12.3 Å². The molecule has 62 valence electrons. The lowest BCUT2D eigenvalue weighted by atomic mass is 10.2. The van der Waals surface area contributed by atoms with Gasteiger partial charge in [-0.15, -0.1) is 0 Å². The number of fused-ring (bicyclic) bond motifs is 1. The van der Waals surface area contributed by atoms with Crippen molar-refractivity contribution in [2.24, 2.45) is 0 Å². The van der Waals surface area contributed by atoms with Crippen LogP contribution in [0.1, 0.15) is 0 Å². The second kappa shape index (κ2) is 2.57. The van der Waals surface area contributed by atoms with Crippen LogP contribution in [0.4, 0.5) is 5.69 Å². The van der Waals surface area contributed by atoms with E-state index in [-0.39, 0.29) is 0 Å². The lowest BCUT2D eigenvalue weighted by Gasteiger charge is -1.97. The monoisotopic (exact) mass is 200 g/mol. The van der Waals surface area contributed by atoms with Crippen LogP contribution in [-0.4, -0.2) is 4.98 Å². The molecular formula is C8H6Cl2N2. The predicted molar refractivity (Wildman–Crippen MR) is 52.7 cm³/mol. The van der Waals surface area contributed by atoms with Crippen molar-refractivity contribution in [2.75, 3.05) is 5.73 Å². The van der Waals surface area contributed by atoms with Crippen molar-refractivity contribution in [3.8, 4) is 0 Å². The molecule has 1 aromatic carbocycles. The van der Waals surface area contributed by atoms with E-state index in [1.807, 2.05) is 6.07 Å². The minimum Gasteiger partial charge on any atom is -0.397 e. The molecule has 2 nitrogen and oxygen atoms in total. The van der Waals surface area contributed by atoms with Gasteiger partial charge in [-0.3, -0.25) is 0 Å². The van der Waals surface area contributed by atoms with Crippen LogP contribution in [0, 0.1) is 0 Å². The molecule has 4 heteroatoms. The summed E-state index contributed by atoms with van der Waals surface area (Å²) in [4.78, 5) is 2.99. The van der Waals surface area contributed by atoms with E-state index < -0.39 is 0 Å². The number of benzene rings is 1. The topological polar surface area (TPSA) is 41.8 Å². The number of nitrogen functional groups attached to an aromatic ring is 1. The molecule has 0 fully saturated rings. The minimum absolute atomic E-state index is 0.507.